The first-order valence-electron chi connectivity index (χ1n) is 8.93. The fourth-order valence-corrected chi connectivity index (χ4v) is 3.27. The van der Waals surface area contributed by atoms with Crippen LogP contribution in [0.25, 0.3) is 6.08 Å². The Morgan fingerprint density at radius 1 is 1.19 bits per heavy atom. The van der Waals surface area contributed by atoms with E-state index < -0.39 is 4.92 Å². The number of rotatable bonds is 8. The van der Waals surface area contributed by atoms with Crippen molar-refractivity contribution in [2.75, 3.05) is 7.11 Å². The van der Waals surface area contributed by atoms with Crippen molar-refractivity contribution in [3.8, 4) is 11.5 Å². The summed E-state index contributed by atoms with van der Waals surface area (Å²) in [5.74, 6) is 0.557. The van der Waals surface area contributed by atoms with Crippen LogP contribution < -0.4 is 9.47 Å². The number of hydrogen-bond donors (Lipinski definition) is 0. The molecule has 0 bridgehead atoms. The molecule has 0 atom stereocenters. The predicted octanol–water partition coefficient (Wildman–Crippen LogP) is 5.12. The molecule has 0 aliphatic heterocycles. The van der Waals surface area contributed by atoms with Gasteiger partial charge in [0.15, 0.2) is 5.69 Å². The van der Waals surface area contributed by atoms with E-state index in [1.54, 1.807) is 37.5 Å². The van der Waals surface area contributed by atoms with Gasteiger partial charge in [0.05, 0.1) is 22.1 Å². The van der Waals surface area contributed by atoms with E-state index in [1.807, 2.05) is 0 Å². The topological polar surface area (TPSA) is 96.5 Å². The van der Waals surface area contributed by atoms with Crippen LogP contribution in [0.15, 0.2) is 48.7 Å². The lowest BCUT2D eigenvalue weighted by molar-refractivity contribution is -0.384. The summed E-state index contributed by atoms with van der Waals surface area (Å²) in [5, 5.41) is 15.3. The Kier molecular flexibility index (Phi) is 6.94. The highest BCUT2D eigenvalue weighted by Gasteiger charge is 2.13. The van der Waals surface area contributed by atoms with E-state index in [2.05, 4.69) is 5.10 Å². The number of nitro benzene ring substituents is 1. The summed E-state index contributed by atoms with van der Waals surface area (Å²) in [7, 11) is 3.21. The average molecular weight is 462 g/mol. The standard InChI is InChI=1S/C21H17Cl2N3O5/c1-25-11-17(23)21(24-25)18(27)6-3-13-4-7-19(30-2)14(9-13)12-31-20-8-5-15(26(28)29)10-16(20)22/h3-11H,12H2,1-2H3/b6-3+. The van der Waals surface area contributed by atoms with Crippen LogP contribution in [0.3, 0.4) is 0 Å². The minimum atomic E-state index is -0.534. The first-order valence-corrected chi connectivity index (χ1v) is 9.69. The molecule has 0 radical (unpaired) electrons. The zero-order valence-electron chi connectivity index (χ0n) is 16.5. The second-order valence-electron chi connectivity index (χ2n) is 6.43. The number of aryl methyl sites for hydroxylation is 1. The molecular formula is C21H17Cl2N3O5. The number of hydrogen-bond acceptors (Lipinski definition) is 6. The zero-order valence-corrected chi connectivity index (χ0v) is 18.1. The number of nitrogens with zero attached hydrogens (tertiary/aromatic N) is 3. The lowest BCUT2D eigenvalue weighted by Gasteiger charge is -2.12. The number of carbonyl (C=O) groups excluding carboxylic acids is 1. The molecule has 0 amide bonds. The molecule has 160 valence electrons. The van der Waals surface area contributed by atoms with Crippen LogP contribution in [0.4, 0.5) is 5.69 Å². The monoisotopic (exact) mass is 461 g/mol. The molecule has 0 aliphatic carbocycles. The van der Waals surface area contributed by atoms with Gasteiger partial charge in [-0.2, -0.15) is 5.10 Å². The van der Waals surface area contributed by atoms with Gasteiger partial charge in [0, 0.05) is 30.9 Å². The number of nitro groups is 1. The number of ketones is 1. The number of non-ortho nitro benzene ring substituents is 1. The summed E-state index contributed by atoms with van der Waals surface area (Å²) in [6.07, 6.45) is 4.57. The van der Waals surface area contributed by atoms with Crippen LogP contribution in [0.5, 0.6) is 11.5 Å². The predicted molar refractivity (Wildman–Crippen MR) is 117 cm³/mol. The molecule has 1 aromatic heterocycles. The largest absolute Gasteiger partial charge is 0.496 e. The Hall–Kier alpha value is -3.36. The minimum Gasteiger partial charge on any atom is -0.496 e. The molecule has 10 heteroatoms. The molecule has 1 heterocycles. The van der Waals surface area contributed by atoms with Crippen LogP contribution in [0, 0.1) is 10.1 Å². The summed E-state index contributed by atoms with van der Waals surface area (Å²) in [6.45, 7) is 0.0996. The van der Waals surface area contributed by atoms with Gasteiger partial charge < -0.3 is 9.47 Å². The SMILES string of the molecule is COc1ccc(/C=C/C(=O)c2nn(C)cc2Cl)cc1COc1ccc([N+](=O)[O-])cc1Cl. The molecular weight excluding hydrogens is 445 g/mol. The Morgan fingerprint density at radius 2 is 1.94 bits per heavy atom. The molecule has 0 aliphatic rings. The first-order chi connectivity index (χ1) is 14.8. The van der Waals surface area contributed by atoms with E-state index in [4.69, 9.17) is 32.7 Å². The van der Waals surface area contributed by atoms with Crippen molar-refractivity contribution in [3.63, 3.8) is 0 Å². The van der Waals surface area contributed by atoms with E-state index in [0.29, 0.717) is 17.1 Å². The van der Waals surface area contributed by atoms with Gasteiger partial charge in [-0.15, -0.1) is 0 Å². The molecule has 0 fully saturated rings. The van der Waals surface area contributed by atoms with Crippen molar-refractivity contribution < 1.29 is 19.2 Å². The number of allylic oxidation sites excluding steroid dienone is 1. The number of aromatic nitrogens is 2. The maximum atomic E-state index is 12.3. The van der Waals surface area contributed by atoms with Crippen LogP contribution in [-0.4, -0.2) is 27.6 Å². The van der Waals surface area contributed by atoms with Crippen molar-refractivity contribution in [2.45, 2.75) is 6.61 Å². The van der Waals surface area contributed by atoms with Gasteiger partial charge in [0.25, 0.3) is 5.69 Å². The quantitative estimate of drug-likeness (QED) is 0.200. The lowest BCUT2D eigenvalue weighted by atomic mass is 10.1. The van der Waals surface area contributed by atoms with Gasteiger partial charge in [-0.25, -0.2) is 0 Å². The normalized spacial score (nSPS) is 11.0. The summed E-state index contributed by atoms with van der Waals surface area (Å²) in [6, 6.07) is 9.29. The van der Waals surface area contributed by atoms with E-state index in [1.165, 1.54) is 36.1 Å². The van der Waals surface area contributed by atoms with Crippen LogP contribution in [-0.2, 0) is 13.7 Å². The third-order valence-electron chi connectivity index (χ3n) is 4.26. The Balaban J connectivity index is 1.77. The maximum Gasteiger partial charge on any atom is 0.271 e. The second-order valence-corrected chi connectivity index (χ2v) is 7.24. The molecule has 31 heavy (non-hydrogen) atoms. The van der Waals surface area contributed by atoms with Gasteiger partial charge in [0.2, 0.25) is 5.78 Å². The summed E-state index contributed by atoms with van der Waals surface area (Å²) in [4.78, 5) is 22.6. The van der Waals surface area contributed by atoms with E-state index in [-0.39, 0.29) is 33.8 Å². The number of methoxy groups -OCH3 is 1. The number of benzene rings is 2. The zero-order chi connectivity index (χ0) is 22.5. The van der Waals surface area contributed by atoms with Crippen molar-refractivity contribution in [2.24, 2.45) is 7.05 Å². The average Bonchev–Trinajstić information content (AvgIpc) is 3.09. The molecule has 2 aromatic carbocycles. The molecule has 0 N–H and O–H groups in total. The van der Waals surface area contributed by atoms with Crippen molar-refractivity contribution in [1.82, 2.24) is 9.78 Å². The number of carbonyl (C=O) groups is 1. The fourth-order valence-electron chi connectivity index (χ4n) is 2.77. The van der Waals surface area contributed by atoms with Crippen LogP contribution >= 0.6 is 23.2 Å². The van der Waals surface area contributed by atoms with Gasteiger partial charge >= 0.3 is 0 Å². The summed E-state index contributed by atoms with van der Waals surface area (Å²) >= 11 is 12.1. The molecule has 8 nitrogen and oxygen atoms in total. The van der Waals surface area contributed by atoms with Gasteiger partial charge in [0.1, 0.15) is 18.1 Å². The van der Waals surface area contributed by atoms with Gasteiger partial charge in [-0.3, -0.25) is 19.6 Å². The van der Waals surface area contributed by atoms with Crippen LogP contribution in [0.1, 0.15) is 21.6 Å². The third kappa shape index (κ3) is 5.42. The molecule has 0 spiro atoms. The van der Waals surface area contributed by atoms with Crippen LogP contribution in [0.2, 0.25) is 10.0 Å². The lowest BCUT2D eigenvalue weighted by Crippen LogP contribution is -2.00. The smallest absolute Gasteiger partial charge is 0.271 e. The first kappa shape index (κ1) is 22.3. The minimum absolute atomic E-state index is 0.0996. The molecule has 0 unspecified atom stereocenters. The fraction of sp³-hybridized carbons (Fsp3) is 0.143. The molecule has 3 rings (SSSR count). The Morgan fingerprint density at radius 3 is 2.55 bits per heavy atom. The molecule has 0 saturated carbocycles. The van der Waals surface area contributed by atoms with Crippen molar-refractivity contribution >= 4 is 40.7 Å². The van der Waals surface area contributed by atoms with Gasteiger partial charge in [-0.05, 0) is 29.8 Å². The Labute approximate surface area is 187 Å². The maximum absolute atomic E-state index is 12.3. The van der Waals surface area contributed by atoms with E-state index >= 15 is 0 Å². The summed E-state index contributed by atoms with van der Waals surface area (Å²) in [5.41, 5.74) is 1.47. The van der Waals surface area contributed by atoms with Crippen molar-refractivity contribution in [1.29, 1.82) is 0 Å². The van der Waals surface area contributed by atoms with E-state index in [9.17, 15) is 14.9 Å². The number of halogens is 2. The summed E-state index contributed by atoms with van der Waals surface area (Å²) < 4.78 is 12.5. The highest BCUT2D eigenvalue weighted by molar-refractivity contribution is 6.34. The highest BCUT2D eigenvalue weighted by atomic mass is 35.5. The third-order valence-corrected chi connectivity index (χ3v) is 4.83. The van der Waals surface area contributed by atoms with E-state index in [0.717, 1.165) is 5.56 Å². The Bertz CT molecular complexity index is 1170. The van der Waals surface area contributed by atoms with Crippen molar-refractivity contribution in [3.05, 3.63) is 85.7 Å². The highest BCUT2D eigenvalue weighted by Crippen LogP contribution is 2.30. The molecule has 3 aromatic rings. The molecule has 0 saturated heterocycles. The number of ether oxygens (including phenoxy) is 2. The second kappa shape index (κ2) is 9.63. The van der Waals surface area contributed by atoms with Gasteiger partial charge in [-0.1, -0.05) is 35.3 Å².